The van der Waals surface area contributed by atoms with Crippen molar-refractivity contribution in [1.82, 2.24) is 14.9 Å². The van der Waals surface area contributed by atoms with Gasteiger partial charge in [-0.1, -0.05) is 30.3 Å². The van der Waals surface area contributed by atoms with E-state index in [1.807, 2.05) is 23.1 Å². The highest BCUT2D eigenvalue weighted by Crippen LogP contribution is 2.35. The molecule has 0 bridgehead atoms. The van der Waals surface area contributed by atoms with Crippen LogP contribution in [0.3, 0.4) is 0 Å². The molecular weight excluding hydrogens is 435 g/mol. The van der Waals surface area contributed by atoms with Gasteiger partial charge in [-0.05, 0) is 49.2 Å². The number of piperazine rings is 1. The quantitative estimate of drug-likeness (QED) is 0.430. The first-order chi connectivity index (χ1) is 16.0. The molecule has 0 aliphatic carbocycles. The van der Waals surface area contributed by atoms with Crippen molar-refractivity contribution in [3.05, 3.63) is 87.8 Å². The van der Waals surface area contributed by atoms with Crippen LogP contribution in [-0.4, -0.2) is 47.0 Å². The van der Waals surface area contributed by atoms with Gasteiger partial charge < -0.3 is 9.80 Å². The van der Waals surface area contributed by atoms with E-state index in [0.717, 1.165) is 21.9 Å². The number of hydrogen-bond acceptors (Lipinski definition) is 5. The Labute approximate surface area is 196 Å². The van der Waals surface area contributed by atoms with Crippen LogP contribution in [0.4, 0.5) is 10.2 Å². The van der Waals surface area contributed by atoms with Crippen molar-refractivity contribution in [3.63, 3.8) is 0 Å². The minimum atomic E-state index is -0.336. The minimum absolute atomic E-state index is 0.0604. The lowest BCUT2D eigenvalue weighted by atomic mass is 10.1. The van der Waals surface area contributed by atoms with E-state index in [2.05, 4.69) is 30.9 Å². The van der Waals surface area contributed by atoms with Crippen molar-refractivity contribution in [2.24, 2.45) is 0 Å². The van der Waals surface area contributed by atoms with Crippen molar-refractivity contribution in [2.75, 3.05) is 31.1 Å². The highest BCUT2D eigenvalue weighted by Gasteiger charge is 2.26. The van der Waals surface area contributed by atoms with Gasteiger partial charge in [0.1, 0.15) is 22.3 Å². The molecule has 1 fully saturated rings. The maximum atomic E-state index is 13.2. The Hall–Kier alpha value is -3.32. The van der Waals surface area contributed by atoms with Gasteiger partial charge in [-0.25, -0.2) is 14.4 Å². The predicted molar refractivity (Wildman–Crippen MR) is 131 cm³/mol. The lowest BCUT2D eigenvalue weighted by Crippen LogP contribution is -2.49. The second-order valence-corrected chi connectivity index (χ2v) is 9.58. The summed E-state index contributed by atoms with van der Waals surface area (Å²) in [6, 6.07) is 16.0. The molecule has 1 aliphatic rings. The zero-order valence-corrected chi connectivity index (χ0v) is 19.5. The normalized spacial score (nSPS) is 14.2. The second-order valence-electron chi connectivity index (χ2n) is 8.38. The van der Waals surface area contributed by atoms with Crippen LogP contribution in [0, 0.1) is 19.7 Å². The summed E-state index contributed by atoms with van der Waals surface area (Å²) in [7, 11) is 0. The van der Waals surface area contributed by atoms with Crippen molar-refractivity contribution < 1.29 is 9.18 Å². The third-order valence-corrected chi connectivity index (χ3v) is 7.32. The summed E-state index contributed by atoms with van der Waals surface area (Å²) in [5.74, 6) is 1.38. The summed E-state index contributed by atoms with van der Waals surface area (Å²) in [5, 5.41) is 1.12. The highest BCUT2D eigenvalue weighted by atomic mass is 32.1. The molecule has 4 aromatic rings. The summed E-state index contributed by atoms with van der Waals surface area (Å²) in [6.45, 7) is 6.83. The molecule has 5 rings (SSSR count). The molecule has 7 heteroatoms. The Kier molecular flexibility index (Phi) is 5.81. The lowest BCUT2D eigenvalue weighted by Gasteiger charge is -2.36. The van der Waals surface area contributed by atoms with E-state index in [0.29, 0.717) is 38.2 Å². The molecule has 5 nitrogen and oxygen atoms in total. The fraction of sp³-hybridized carbons (Fsp3) is 0.269. The topological polar surface area (TPSA) is 49.3 Å². The third kappa shape index (κ3) is 4.33. The van der Waals surface area contributed by atoms with Gasteiger partial charge >= 0.3 is 0 Å². The SMILES string of the molecule is Cc1sc2nc(Cc3ccccc3)nc(N3CCN(C(=O)c4ccc(F)cc4)CC3)c2c1C. The van der Waals surface area contributed by atoms with E-state index in [1.165, 1.54) is 28.1 Å². The Morgan fingerprint density at radius 1 is 0.970 bits per heavy atom. The van der Waals surface area contributed by atoms with Crippen LogP contribution in [0.15, 0.2) is 54.6 Å². The zero-order valence-electron chi connectivity index (χ0n) is 18.7. The summed E-state index contributed by atoms with van der Waals surface area (Å²) in [6.07, 6.45) is 0.683. The van der Waals surface area contributed by atoms with Gasteiger partial charge in [0.05, 0.1) is 5.39 Å². The minimum Gasteiger partial charge on any atom is -0.352 e. The van der Waals surface area contributed by atoms with Gasteiger partial charge in [0.25, 0.3) is 5.91 Å². The molecule has 2 aromatic carbocycles. The average molecular weight is 461 g/mol. The first kappa shape index (κ1) is 21.5. The number of nitrogens with zero attached hydrogens (tertiary/aromatic N) is 4. The van der Waals surface area contributed by atoms with E-state index < -0.39 is 0 Å². The summed E-state index contributed by atoms with van der Waals surface area (Å²) in [4.78, 5) is 29.1. The molecule has 33 heavy (non-hydrogen) atoms. The maximum Gasteiger partial charge on any atom is 0.253 e. The van der Waals surface area contributed by atoms with Crippen molar-refractivity contribution >= 4 is 33.3 Å². The molecule has 1 aliphatic heterocycles. The number of hydrogen-bond donors (Lipinski definition) is 0. The van der Waals surface area contributed by atoms with E-state index in [9.17, 15) is 9.18 Å². The Morgan fingerprint density at radius 3 is 2.36 bits per heavy atom. The van der Waals surface area contributed by atoms with E-state index in [1.54, 1.807) is 23.5 Å². The number of anilines is 1. The molecule has 0 unspecified atom stereocenters. The number of halogens is 1. The van der Waals surface area contributed by atoms with Crippen LogP contribution in [0.2, 0.25) is 0 Å². The summed E-state index contributed by atoms with van der Waals surface area (Å²) < 4.78 is 13.2. The fourth-order valence-electron chi connectivity index (χ4n) is 4.25. The van der Waals surface area contributed by atoms with Crippen molar-refractivity contribution in [3.8, 4) is 0 Å². The first-order valence-corrected chi connectivity index (χ1v) is 11.9. The lowest BCUT2D eigenvalue weighted by molar-refractivity contribution is 0.0746. The number of carbonyl (C=O) groups excluding carboxylic acids is 1. The molecule has 168 valence electrons. The number of benzene rings is 2. The number of aromatic nitrogens is 2. The molecule has 0 saturated carbocycles. The first-order valence-electron chi connectivity index (χ1n) is 11.1. The number of amides is 1. The Morgan fingerprint density at radius 2 is 1.67 bits per heavy atom. The van der Waals surface area contributed by atoms with Crippen LogP contribution >= 0.6 is 11.3 Å². The van der Waals surface area contributed by atoms with Crippen LogP contribution in [0.25, 0.3) is 10.2 Å². The molecule has 0 radical (unpaired) electrons. The Balaban J connectivity index is 1.41. The summed E-state index contributed by atoms with van der Waals surface area (Å²) in [5.41, 5.74) is 2.92. The zero-order chi connectivity index (χ0) is 22.9. The number of fused-ring (bicyclic) bond motifs is 1. The average Bonchev–Trinajstić information content (AvgIpc) is 3.12. The highest BCUT2D eigenvalue weighted by molar-refractivity contribution is 7.18. The second kappa shape index (κ2) is 8.90. The molecule has 0 atom stereocenters. The van der Waals surface area contributed by atoms with Gasteiger partial charge in [-0.2, -0.15) is 0 Å². The van der Waals surface area contributed by atoms with E-state index in [-0.39, 0.29) is 11.7 Å². The van der Waals surface area contributed by atoms with Crippen molar-refractivity contribution in [1.29, 1.82) is 0 Å². The number of thiophene rings is 1. The number of rotatable bonds is 4. The van der Waals surface area contributed by atoms with Crippen LogP contribution in [0.1, 0.15) is 32.2 Å². The molecular formula is C26H25FN4OS. The molecule has 2 aromatic heterocycles. The van der Waals surface area contributed by atoms with Gasteiger partial charge in [0.15, 0.2) is 0 Å². The monoisotopic (exact) mass is 460 g/mol. The van der Waals surface area contributed by atoms with Gasteiger partial charge in [0.2, 0.25) is 0 Å². The van der Waals surface area contributed by atoms with E-state index in [4.69, 9.17) is 9.97 Å². The fourth-order valence-corrected chi connectivity index (χ4v) is 5.30. The number of aryl methyl sites for hydroxylation is 2. The predicted octanol–water partition coefficient (Wildman–Crippen LogP) is 5.00. The molecule has 0 N–H and O–H groups in total. The largest absolute Gasteiger partial charge is 0.352 e. The number of carbonyl (C=O) groups is 1. The van der Waals surface area contributed by atoms with Gasteiger partial charge in [-0.15, -0.1) is 11.3 Å². The van der Waals surface area contributed by atoms with Crippen LogP contribution < -0.4 is 4.90 Å². The van der Waals surface area contributed by atoms with Crippen molar-refractivity contribution in [2.45, 2.75) is 20.3 Å². The molecule has 1 saturated heterocycles. The molecule has 1 amide bonds. The third-order valence-electron chi connectivity index (χ3n) is 6.22. The standard InChI is InChI=1S/C26H25FN4OS/c1-17-18(2)33-25-23(17)24(28-22(29-25)16-19-6-4-3-5-7-19)30-12-14-31(15-13-30)26(32)20-8-10-21(27)11-9-20/h3-11H,12-16H2,1-2H3. The molecule has 0 spiro atoms. The van der Waals surface area contributed by atoms with Crippen LogP contribution in [-0.2, 0) is 6.42 Å². The maximum absolute atomic E-state index is 13.2. The van der Waals surface area contributed by atoms with E-state index >= 15 is 0 Å². The Bertz CT molecular complexity index is 1300. The van der Waals surface area contributed by atoms with Crippen LogP contribution in [0.5, 0.6) is 0 Å². The summed E-state index contributed by atoms with van der Waals surface area (Å²) >= 11 is 1.71. The molecule has 3 heterocycles. The smallest absolute Gasteiger partial charge is 0.253 e. The van der Waals surface area contributed by atoms with Gasteiger partial charge in [0, 0.05) is 43.0 Å². The van der Waals surface area contributed by atoms with Gasteiger partial charge in [-0.3, -0.25) is 4.79 Å².